The van der Waals surface area contributed by atoms with E-state index in [1.165, 1.54) is 16.9 Å². The highest BCUT2D eigenvalue weighted by Crippen LogP contribution is 2.33. The van der Waals surface area contributed by atoms with Crippen LogP contribution in [0.25, 0.3) is 4.96 Å². The van der Waals surface area contributed by atoms with Crippen LogP contribution in [-0.2, 0) is 16.0 Å². The minimum absolute atomic E-state index is 0.0989. The van der Waals surface area contributed by atoms with Crippen molar-refractivity contribution >= 4 is 22.2 Å². The zero-order chi connectivity index (χ0) is 19.5. The van der Waals surface area contributed by atoms with Gasteiger partial charge in [0.15, 0.2) is 5.82 Å². The van der Waals surface area contributed by atoms with Crippen LogP contribution in [0.2, 0.25) is 0 Å². The molecule has 0 N–H and O–H groups in total. The van der Waals surface area contributed by atoms with Gasteiger partial charge < -0.3 is 9.64 Å². The fraction of sp³-hybridized carbons (Fsp3) is 0.500. The maximum absolute atomic E-state index is 12.6. The summed E-state index contributed by atoms with van der Waals surface area (Å²) < 4.78 is 7.52. The van der Waals surface area contributed by atoms with Crippen LogP contribution in [0.15, 0.2) is 30.3 Å². The molecule has 1 amide bonds. The number of carbonyl (C=O) groups is 1. The number of fused-ring (bicyclic) bond motifs is 1. The molecule has 2 aromatic heterocycles. The number of amides is 1. The summed E-state index contributed by atoms with van der Waals surface area (Å²) in [7, 11) is 1.78. The van der Waals surface area contributed by atoms with Gasteiger partial charge in [0.05, 0.1) is 6.10 Å². The number of hydrogen-bond acceptors (Lipinski definition) is 6. The number of aromatic nitrogens is 4. The SMILES string of the molecule is COC(c1ccccc1)C1CCN(C(=O)CCc2nn3c(C)nnc3s2)CC1. The Morgan fingerprint density at radius 2 is 2.00 bits per heavy atom. The van der Waals surface area contributed by atoms with E-state index in [1.807, 2.05) is 30.0 Å². The van der Waals surface area contributed by atoms with Crippen LogP contribution in [0.4, 0.5) is 0 Å². The van der Waals surface area contributed by atoms with Crippen LogP contribution < -0.4 is 0 Å². The molecule has 0 spiro atoms. The van der Waals surface area contributed by atoms with Gasteiger partial charge in [0.25, 0.3) is 0 Å². The van der Waals surface area contributed by atoms with Crippen molar-refractivity contribution in [3.05, 3.63) is 46.7 Å². The molecule has 7 nitrogen and oxygen atoms in total. The lowest BCUT2D eigenvalue weighted by Crippen LogP contribution is -2.40. The molecule has 0 saturated carbocycles. The Balaban J connectivity index is 1.29. The highest BCUT2D eigenvalue weighted by Gasteiger charge is 2.29. The lowest BCUT2D eigenvalue weighted by Gasteiger charge is -2.35. The van der Waals surface area contributed by atoms with Gasteiger partial charge >= 0.3 is 0 Å². The van der Waals surface area contributed by atoms with E-state index in [-0.39, 0.29) is 12.0 Å². The molecule has 1 atom stereocenters. The third kappa shape index (κ3) is 3.93. The maximum Gasteiger partial charge on any atom is 0.234 e. The van der Waals surface area contributed by atoms with Gasteiger partial charge in [-0.25, -0.2) is 0 Å². The number of rotatable bonds is 6. The van der Waals surface area contributed by atoms with E-state index in [4.69, 9.17) is 4.74 Å². The Hall–Kier alpha value is -2.32. The van der Waals surface area contributed by atoms with E-state index in [9.17, 15) is 4.79 Å². The van der Waals surface area contributed by atoms with E-state index < -0.39 is 0 Å². The molecule has 1 aliphatic rings. The topological polar surface area (TPSA) is 72.6 Å². The van der Waals surface area contributed by atoms with Gasteiger partial charge in [0, 0.05) is 33.0 Å². The maximum atomic E-state index is 12.6. The second kappa shape index (κ2) is 8.36. The van der Waals surface area contributed by atoms with Crippen molar-refractivity contribution in [2.45, 2.75) is 38.7 Å². The highest BCUT2D eigenvalue weighted by molar-refractivity contribution is 7.16. The van der Waals surface area contributed by atoms with E-state index in [0.717, 1.165) is 41.7 Å². The number of methoxy groups -OCH3 is 1. The number of piperidine rings is 1. The molecule has 0 bridgehead atoms. The predicted octanol–water partition coefficient (Wildman–Crippen LogP) is 3.05. The van der Waals surface area contributed by atoms with Crippen LogP contribution in [0.3, 0.4) is 0 Å². The summed E-state index contributed by atoms with van der Waals surface area (Å²) in [6.45, 7) is 3.46. The number of likely N-dealkylation sites (tertiary alicyclic amines) is 1. The van der Waals surface area contributed by atoms with Crippen LogP contribution in [-0.4, -0.2) is 50.8 Å². The molecule has 3 heterocycles. The predicted molar refractivity (Wildman–Crippen MR) is 107 cm³/mol. The summed E-state index contributed by atoms with van der Waals surface area (Å²) in [5.41, 5.74) is 1.22. The quantitative estimate of drug-likeness (QED) is 0.637. The number of ether oxygens (including phenoxy) is 1. The second-order valence-electron chi connectivity index (χ2n) is 7.22. The summed E-state index contributed by atoms with van der Waals surface area (Å²) in [5, 5.41) is 13.5. The van der Waals surface area contributed by atoms with Gasteiger partial charge in [-0.3, -0.25) is 4.79 Å². The molecular weight excluding hydrogens is 374 g/mol. The van der Waals surface area contributed by atoms with Crippen molar-refractivity contribution in [3.63, 3.8) is 0 Å². The average Bonchev–Trinajstić information content (AvgIpc) is 3.29. The lowest BCUT2D eigenvalue weighted by molar-refractivity contribution is -0.133. The summed E-state index contributed by atoms with van der Waals surface area (Å²) in [6.07, 6.45) is 3.17. The van der Waals surface area contributed by atoms with Crippen molar-refractivity contribution in [3.8, 4) is 0 Å². The number of carbonyl (C=O) groups excluding carboxylic acids is 1. The fourth-order valence-electron chi connectivity index (χ4n) is 3.92. The summed E-state index contributed by atoms with van der Waals surface area (Å²) >= 11 is 1.50. The second-order valence-corrected chi connectivity index (χ2v) is 8.26. The first kappa shape index (κ1) is 19.0. The minimum Gasteiger partial charge on any atom is -0.376 e. The number of nitrogens with zero attached hydrogens (tertiary/aromatic N) is 5. The van der Waals surface area contributed by atoms with Crippen LogP contribution >= 0.6 is 11.3 Å². The molecule has 1 saturated heterocycles. The molecule has 4 rings (SSSR count). The normalized spacial score (nSPS) is 16.6. The van der Waals surface area contributed by atoms with Gasteiger partial charge in [0.1, 0.15) is 5.01 Å². The monoisotopic (exact) mass is 399 g/mol. The summed E-state index contributed by atoms with van der Waals surface area (Å²) in [4.78, 5) is 15.4. The Bertz CT molecular complexity index is 931. The molecule has 1 aliphatic heterocycles. The van der Waals surface area contributed by atoms with E-state index >= 15 is 0 Å². The first-order chi connectivity index (χ1) is 13.7. The Morgan fingerprint density at radius 3 is 2.68 bits per heavy atom. The zero-order valence-corrected chi connectivity index (χ0v) is 17.1. The van der Waals surface area contributed by atoms with Crippen LogP contribution in [0.5, 0.6) is 0 Å². The van der Waals surface area contributed by atoms with Crippen molar-refractivity contribution in [1.82, 2.24) is 24.7 Å². The number of benzene rings is 1. The van der Waals surface area contributed by atoms with Gasteiger partial charge in [-0.2, -0.15) is 9.61 Å². The van der Waals surface area contributed by atoms with Crippen molar-refractivity contribution in [1.29, 1.82) is 0 Å². The van der Waals surface area contributed by atoms with E-state index in [1.54, 1.807) is 11.6 Å². The standard InChI is InChI=1S/C20H25N5O2S/c1-14-21-22-20-25(14)23-17(28-20)8-9-18(26)24-12-10-16(11-13-24)19(27-2)15-6-4-3-5-7-15/h3-7,16,19H,8-13H2,1-2H3. The zero-order valence-electron chi connectivity index (χ0n) is 16.2. The number of aryl methyl sites for hydroxylation is 2. The third-order valence-corrected chi connectivity index (χ3v) is 6.40. The molecule has 3 aromatic rings. The molecule has 0 aliphatic carbocycles. The minimum atomic E-state index is 0.0989. The highest BCUT2D eigenvalue weighted by atomic mass is 32.1. The largest absolute Gasteiger partial charge is 0.376 e. The molecule has 28 heavy (non-hydrogen) atoms. The molecule has 148 valence electrons. The fourth-order valence-corrected chi connectivity index (χ4v) is 4.80. The number of hydrogen-bond donors (Lipinski definition) is 0. The van der Waals surface area contributed by atoms with Gasteiger partial charge in [-0.15, -0.1) is 10.2 Å². The summed E-state index contributed by atoms with van der Waals surface area (Å²) in [6, 6.07) is 10.4. The van der Waals surface area contributed by atoms with Gasteiger partial charge in [0.2, 0.25) is 10.9 Å². The van der Waals surface area contributed by atoms with Crippen molar-refractivity contribution in [2.75, 3.05) is 20.2 Å². The molecule has 1 unspecified atom stereocenters. The van der Waals surface area contributed by atoms with Crippen LogP contribution in [0.1, 0.15) is 41.8 Å². The first-order valence-corrected chi connectivity index (χ1v) is 10.5. The molecular formula is C20H25N5O2S. The molecule has 8 heteroatoms. The van der Waals surface area contributed by atoms with Gasteiger partial charge in [-0.1, -0.05) is 41.7 Å². The molecule has 1 fully saturated rings. The molecule has 1 aromatic carbocycles. The molecule has 0 radical (unpaired) electrons. The van der Waals surface area contributed by atoms with Crippen molar-refractivity contribution < 1.29 is 9.53 Å². The third-order valence-electron chi connectivity index (χ3n) is 5.44. The Kier molecular flexibility index (Phi) is 5.68. The van der Waals surface area contributed by atoms with E-state index in [0.29, 0.717) is 18.8 Å². The summed E-state index contributed by atoms with van der Waals surface area (Å²) in [5.74, 6) is 1.42. The van der Waals surface area contributed by atoms with Crippen LogP contribution in [0, 0.1) is 12.8 Å². The Morgan fingerprint density at radius 1 is 1.25 bits per heavy atom. The van der Waals surface area contributed by atoms with E-state index in [2.05, 4.69) is 27.4 Å². The Labute approximate surface area is 168 Å². The first-order valence-electron chi connectivity index (χ1n) is 9.69. The average molecular weight is 400 g/mol. The van der Waals surface area contributed by atoms with Crippen molar-refractivity contribution in [2.24, 2.45) is 5.92 Å². The smallest absolute Gasteiger partial charge is 0.234 e. The van der Waals surface area contributed by atoms with Gasteiger partial charge in [-0.05, 0) is 31.2 Å². The lowest BCUT2D eigenvalue weighted by atomic mass is 9.87.